The summed E-state index contributed by atoms with van der Waals surface area (Å²) in [4.78, 5) is 26.5. The maximum Gasteiger partial charge on any atom is 0.404 e. The fourth-order valence-electron chi connectivity index (χ4n) is 1.68. The van der Waals surface area contributed by atoms with Crippen molar-refractivity contribution in [1.29, 1.82) is 0 Å². The second-order valence-electron chi connectivity index (χ2n) is 4.28. The summed E-state index contributed by atoms with van der Waals surface area (Å²) in [6.45, 7) is 0.737. The predicted molar refractivity (Wildman–Crippen MR) is 79.5 cm³/mol. The van der Waals surface area contributed by atoms with Gasteiger partial charge >= 0.3 is 6.09 Å². The van der Waals surface area contributed by atoms with E-state index in [4.69, 9.17) is 5.11 Å². The quantitative estimate of drug-likeness (QED) is 0.760. The third-order valence-electron chi connectivity index (χ3n) is 2.70. The van der Waals surface area contributed by atoms with Crippen LogP contribution in [0, 0.1) is 0 Å². The first-order chi connectivity index (χ1) is 10.1. The molecule has 7 heteroatoms. The fourth-order valence-corrected chi connectivity index (χ4v) is 2.45. The smallest absolute Gasteiger partial charge is 0.404 e. The molecule has 2 aromatic rings. The molecule has 0 bridgehead atoms. The zero-order chi connectivity index (χ0) is 15.1. The molecule has 110 valence electrons. The molecule has 0 saturated carbocycles. The molecule has 0 saturated heterocycles. The SMILES string of the molecule is O=C(O)NCCc1nc(C(=O)NCc2ccccc2)cs1. The second-order valence-corrected chi connectivity index (χ2v) is 5.22. The van der Waals surface area contributed by atoms with Crippen LogP contribution in [0.25, 0.3) is 0 Å². The molecule has 2 amide bonds. The molecule has 0 aliphatic carbocycles. The molecular weight excluding hydrogens is 290 g/mol. The van der Waals surface area contributed by atoms with E-state index >= 15 is 0 Å². The Kier molecular flexibility index (Phi) is 5.28. The number of amides is 2. The van der Waals surface area contributed by atoms with Gasteiger partial charge in [0, 0.05) is 24.9 Å². The fraction of sp³-hybridized carbons (Fsp3) is 0.214. The Morgan fingerprint density at radius 1 is 1.19 bits per heavy atom. The Labute approximate surface area is 125 Å². The van der Waals surface area contributed by atoms with Gasteiger partial charge in [-0.2, -0.15) is 0 Å². The van der Waals surface area contributed by atoms with Crippen LogP contribution in [-0.2, 0) is 13.0 Å². The molecule has 0 fully saturated rings. The van der Waals surface area contributed by atoms with Crippen LogP contribution in [0.15, 0.2) is 35.7 Å². The van der Waals surface area contributed by atoms with Crippen molar-refractivity contribution < 1.29 is 14.7 Å². The van der Waals surface area contributed by atoms with Crippen molar-refractivity contribution in [1.82, 2.24) is 15.6 Å². The van der Waals surface area contributed by atoms with Crippen LogP contribution in [0.4, 0.5) is 4.79 Å². The van der Waals surface area contributed by atoms with Crippen molar-refractivity contribution >= 4 is 23.3 Å². The van der Waals surface area contributed by atoms with E-state index in [-0.39, 0.29) is 12.5 Å². The van der Waals surface area contributed by atoms with Crippen LogP contribution in [0.5, 0.6) is 0 Å². The molecule has 0 aliphatic rings. The molecule has 3 N–H and O–H groups in total. The average Bonchev–Trinajstić information content (AvgIpc) is 2.94. The van der Waals surface area contributed by atoms with Gasteiger partial charge < -0.3 is 15.7 Å². The molecule has 0 radical (unpaired) electrons. The molecule has 2 rings (SSSR count). The van der Waals surface area contributed by atoms with Gasteiger partial charge in [-0.1, -0.05) is 30.3 Å². The Morgan fingerprint density at radius 3 is 2.67 bits per heavy atom. The molecule has 0 spiro atoms. The molecule has 0 atom stereocenters. The summed E-state index contributed by atoms with van der Waals surface area (Å²) in [7, 11) is 0. The predicted octanol–water partition coefficient (Wildman–Crippen LogP) is 1.88. The highest BCUT2D eigenvalue weighted by Gasteiger charge is 2.10. The number of rotatable bonds is 6. The molecule has 0 unspecified atom stereocenters. The topological polar surface area (TPSA) is 91.3 Å². The normalized spacial score (nSPS) is 10.1. The number of nitrogens with zero attached hydrogens (tertiary/aromatic N) is 1. The van der Waals surface area contributed by atoms with Crippen LogP contribution >= 0.6 is 11.3 Å². The van der Waals surface area contributed by atoms with Crippen LogP contribution in [-0.4, -0.2) is 28.6 Å². The van der Waals surface area contributed by atoms with E-state index < -0.39 is 6.09 Å². The summed E-state index contributed by atoms with van der Waals surface area (Å²) in [6, 6.07) is 9.62. The second kappa shape index (κ2) is 7.39. The molecular formula is C14H15N3O3S. The third kappa shape index (κ3) is 4.88. The molecule has 1 aromatic heterocycles. The van der Waals surface area contributed by atoms with E-state index in [9.17, 15) is 9.59 Å². The van der Waals surface area contributed by atoms with Gasteiger partial charge in [-0.05, 0) is 5.56 Å². The first-order valence-corrected chi connectivity index (χ1v) is 7.26. The van der Waals surface area contributed by atoms with Crippen molar-refractivity contribution in [2.75, 3.05) is 6.54 Å². The zero-order valence-electron chi connectivity index (χ0n) is 11.2. The van der Waals surface area contributed by atoms with Gasteiger partial charge in [0.2, 0.25) is 0 Å². The monoisotopic (exact) mass is 305 g/mol. The van der Waals surface area contributed by atoms with Gasteiger partial charge in [0.15, 0.2) is 0 Å². The standard InChI is InChI=1S/C14H15N3O3S/c18-13(16-8-10-4-2-1-3-5-10)11-9-21-12(17-11)6-7-15-14(19)20/h1-5,9,15H,6-8H2,(H,16,18)(H,19,20). The van der Waals surface area contributed by atoms with Crippen LogP contribution < -0.4 is 10.6 Å². The number of carboxylic acid groups (broad SMARTS) is 1. The highest BCUT2D eigenvalue weighted by atomic mass is 32.1. The van der Waals surface area contributed by atoms with Gasteiger partial charge in [-0.15, -0.1) is 11.3 Å². The number of benzene rings is 1. The molecule has 6 nitrogen and oxygen atoms in total. The molecule has 1 aromatic carbocycles. The largest absolute Gasteiger partial charge is 0.465 e. The zero-order valence-corrected chi connectivity index (χ0v) is 12.0. The Bertz CT molecular complexity index is 613. The summed E-state index contributed by atoms with van der Waals surface area (Å²) in [5, 5.41) is 15.9. The van der Waals surface area contributed by atoms with E-state index in [1.165, 1.54) is 11.3 Å². The summed E-state index contributed by atoms with van der Waals surface area (Å²) in [5.74, 6) is -0.229. The van der Waals surface area contributed by atoms with Crippen LogP contribution in [0.2, 0.25) is 0 Å². The highest BCUT2D eigenvalue weighted by molar-refractivity contribution is 7.09. The first-order valence-electron chi connectivity index (χ1n) is 6.38. The van der Waals surface area contributed by atoms with E-state index in [0.717, 1.165) is 10.6 Å². The van der Waals surface area contributed by atoms with Crippen molar-refractivity contribution in [2.45, 2.75) is 13.0 Å². The number of nitrogens with one attached hydrogen (secondary N) is 2. The van der Waals surface area contributed by atoms with Crippen molar-refractivity contribution in [3.8, 4) is 0 Å². The Morgan fingerprint density at radius 2 is 1.95 bits per heavy atom. The molecule has 21 heavy (non-hydrogen) atoms. The lowest BCUT2D eigenvalue weighted by Crippen LogP contribution is -2.24. The number of hydrogen-bond acceptors (Lipinski definition) is 4. The molecule has 0 aliphatic heterocycles. The van der Waals surface area contributed by atoms with Crippen molar-refractivity contribution in [3.05, 3.63) is 52.0 Å². The maximum atomic E-state index is 11.9. The average molecular weight is 305 g/mol. The minimum Gasteiger partial charge on any atom is -0.465 e. The summed E-state index contributed by atoms with van der Waals surface area (Å²) in [5.41, 5.74) is 1.38. The van der Waals surface area contributed by atoms with E-state index in [1.807, 2.05) is 30.3 Å². The number of aromatic nitrogens is 1. The lowest BCUT2D eigenvalue weighted by atomic mass is 10.2. The summed E-state index contributed by atoms with van der Waals surface area (Å²) < 4.78 is 0. The van der Waals surface area contributed by atoms with Gasteiger partial charge in [0.05, 0.1) is 5.01 Å². The molecule has 1 heterocycles. The van der Waals surface area contributed by atoms with Gasteiger partial charge in [-0.25, -0.2) is 9.78 Å². The number of carbonyl (C=O) groups is 2. The number of thiazole rings is 1. The van der Waals surface area contributed by atoms with Gasteiger partial charge in [0.1, 0.15) is 5.69 Å². The maximum absolute atomic E-state index is 11.9. The van der Waals surface area contributed by atoms with E-state index in [1.54, 1.807) is 5.38 Å². The van der Waals surface area contributed by atoms with Gasteiger partial charge in [-0.3, -0.25) is 4.79 Å². The third-order valence-corrected chi connectivity index (χ3v) is 3.60. The van der Waals surface area contributed by atoms with E-state index in [0.29, 0.717) is 18.7 Å². The minimum absolute atomic E-state index is 0.229. The summed E-state index contributed by atoms with van der Waals surface area (Å²) in [6.07, 6.45) is -0.587. The Balaban J connectivity index is 1.83. The van der Waals surface area contributed by atoms with Crippen LogP contribution in [0.1, 0.15) is 21.1 Å². The number of hydrogen-bond donors (Lipinski definition) is 3. The number of carbonyl (C=O) groups excluding carboxylic acids is 1. The first kappa shape index (κ1) is 15.0. The lowest BCUT2D eigenvalue weighted by molar-refractivity contribution is 0.0946. The minimum atomic E-state index is -1.06. The van der Waals surface area contributed by atoms with Crippen molar-refractivity contribution in [2.24, 2.45) is 0 Å². The van der Waals surface area contributed by atoms with Crippen LogP contribution in [0.3, 0.4) is 0 Å². The van der Waals surface area contributed by atoms with E-state index in [2.05, 4.69) is 15.6 Å². The lowest BCUT2D eigenvalue weighted by Gasteiger charge is -2.02. The van der Waals surface area contributed by atoms with Gasteiger partial charge in [0.25, 0.3) is 5.91 Å². The Hall–Kier alpha value is -2.41. The van der Waals surface area contributed by atoms with Crippen molar-refractivity contribution in [3.63, 3.8) is 0 Å². The summed E-state index contributed by atoms with van der Waals surface area (Å²) >= 11 is 1.35. The highest BCUT2D eigenvalue weighted by Crippen LogP contribution is 2.10.